The first-order chi connectivity index (χ1) is 9.15. The number of likely N-dealkylation sites (tertiary alicyclic amines) is 1. The van der Waals surface area contributed by atoms with Crippen LogP contribution in [0.2, 0.25) is 0 Å². The fourth-order valence-corrected chi connectivity index (χ4v) is 4.98. The van der Waals surface area contributed by atoms with Crippen molar-refractivity contribution in [3.63, 3.8) is 0 Å². The third kappa shape index (κ3) is 2.67. The van der Waals surface area contributed by atoms with Gasteiger partial charge in [-0.25, -0.2) is 0 Å². The molecular weight excluding hydrogens is 238 g/mol. The van der Waals surface area contributed by atoms with Crippen LogP contribution < -0.4 is 0 Å². The van der Waals surface area contributed by atoms with E-state index in [1.165, 1.54) is 38.5 Å². The number of fused-ring (bicyclic) bond motifs is 1. The zero-order valence-corrected chi connectivity index (χ0v) is 12.1. The summed E-state index contributed by atoms with van der Waals surface area (Å²) in [6.45, 7) is 4.43. The van der Waals surface area contributed by atoms with Gasteiger partial charge in [0.15, 0.2) is 0 Å². The van der Waals surface area contributed by atoms with E-state index in [0.717, 1.165) is 31.3 Å². The average molecular weight is 265 g/mol. The quantitative estimate of drug-likeness (QED) is 0.853. The standard InChI is InChI=1S/C16H27NO2/c1-11-4-2-5-12(8-11)9-17-10-13-6-3-7-14(13)15(17)16(18)19/h11-15H,2-10H2,1H3,(H,18,19). The second-order valence-electron chi connectivity index (χ2n) is 7.23. The molecule has 0 aromatic rings. The number of carboxylic acid groups (broad SMARTS) is 1. The summed E-state index contributed by atoms with van der Waals surface area (Å²) in [5.41, 5.74) is 0. The van der Waals surface area contributed by atoms with Crippen LogP contribution in [-0.2, 0) is 4.79 Å². The van der Waals surface area contributed by atoms with Gasteiger partial charge < -0.3 is 5.11 Å². The summed E-state index contributed by atoms with van der Waals surface area (Å²) in [5, 5.41) is 9.57. The summed E-state index contributed by atoms with van der Waals surface area (Å²) in [6, 6.07) is -0.176. The van der Waals surface area contributed by atoms with Crippen LogP contribution in [0.1, 0.15) is 51.9 Å². The molecule has 1 aliphatic heterocycles. The monoisotopic (exact) mass is 265 g/mol. The smallest absolute Gasteiger partial charge is 0.321 e. The van der Waals surface area contributed by atoms with E-state index in [2.05, 4.69) is 11.8 Å². The molecule has 5 atom stereocenters. The highest BCUT2D eigenvalue weighted by molar-refractivity contribution is 5.74. The Hall–Kier alpha value is -0.570. The lowest BCUT2D eigenvalue weighted by Crippen LogP contribution is -2.42. The number of nitrogens with zero attached hydrogens (tertiary/aromatic N) is 1. The van der Waals surface area contributed by atoms with E-state index in [9.17, 15) is 9.90 Å². The van der Waals surface area contributed by atoms with Crippen molar-refractivity contribution < 1.29 is 9.90 Å². The molecular formula is C16H27NO2. The van der Waals surface area contributed by atoms with Crippen LogP contribution in [0.25, 0.3) is 0 Å². The molecule has 0 aromatic carbocycles. The van der Waals surface area contributed by atoms with Crippen molar-refractivity contribution in [1.82, 2.24) is 4.90 Å². The van der Waals surface area contributed by atoms with Gasteiger partial charge in [0, 0.05) is 13.1 Å². The van der Waals surface area contributed by atoms with Crippen molar-refractivity contribution in [1.29, 1.82) is 0 Å². The fraction of sp³-hybridized carbons (Fsp3) is 0.938. The van der Waals surface area contributed by atoms with Gasteiger partial charge in [-0.2, -0.15) is 0 Å². The zero-order chi connectivity index (χ0) is 13.4. The van der Waals surface area contributed by atoms with Gasteiger partial charge in [-0.1, -0.05) is 26.2 Å². The molecule has 2 saturated carbocycles. The van der Waals surface area contributed by atoms with Gasteiger partial charge in [-0.15, -0.1) is 0 Å². The molecule has 3 rings (SSSR count). The molecule has 5 unspecified atom stereocenters. The molecule has 3 fully saturated rings. The molecule has 19 heavy (non-hydrogen) atoms. The topological polar surface area (TPSA) is 40.5 Å². The number of hydrogen-bond acceptors (Lipinski definition) is 2. The summed E-state index contributed by atoms with van der Waals surface area (Å²) < 4.78 is 0. The van der Waals surface area contributed by atoms with Gasteiger partial charge in [-0.3, -0.25) is 9.69 Å². The van der Waals surface area contributed by atoms with Gasteiger partial charge in [0.1, 0.15) is 6.04 Å². The molecule has 0 bridgehead atoms. The largest absolute Gasteiger partial charge is 0.480 e. The third-order valence-electron chi connectivity index (χ3n) is 5.78. The first-order valence-electron chi connectivity index (χ1n) is 8.12. The number of aliphatic carboxylic acids is 1. The Labute approximate surface area is 116 Å². The highest BCUT2D eigenvalue weighted by Gasteiger charge is 2.47. The summed E-state index contributed by atoms with van der Waals surface area (Å²) >= 11 is 0. The van der Waals surface area contributed by atoms with E-state index in [1.54, 1.807) is 0 Å². The van der Waals surface area contributed by atoms with Crippen LogP contribution in [0, 0.1) is 23.7 Å². The van der Waals surface area contributed by atoms with Crippen molar-refractivity contribution in [2.45, 2.75) is 57.9 Å². The Kier molecular flexibility index (Phi) is 3.84. The second kappa shape index (κ2) is 5.43. The van der Waals surface area contributed by atoms with Gasteiger partial charge >= 0.3 is 5.97 Å². The molecule has 2 aliphatic carbocycles. The maximum Gasteiger partial charge on any atom is 0.321 e. The van der Waals surface area contributed by atoms with Crippen LogP contribution >= 0.6 is 0 Å². The molecule has 3 heteroatoms. The summed E-state index contributed by atoms with van der Waals surface area (Å²) in [5.74, 6) is 2.12. The van der Waals surface area contributed by atoms with E-state index in [0.29, 0.717) is 11.8 Å². The average Bonchev–Trinajstić information content (AvgIpc) is 2.88. The molecule has 3 aliphatic rings. The van der Waals surface area contributed by atoms with E-state index in [1.807, 2.05) is 0 Å². The minimum atomic E-state index is -0.571. The number of rotatable bonds is 3. The van der Waals surface area contributed by atoms with Crippen LogP contribution in [0.4, 0.5) is 0 Å². The number of carbonyl (C=O) groups is 1. The Morgan fingerprint density at radius 1 is 1.21 bits per heavy atom. The first kappa shape index (κ1) is 13.4. The minimum absolute atomic E-state index is 0.176. The molecule has 3 nitrogen and oxygen atoms in total. The van der Waals surface area contributed by atoms with Gasteiger partial charge in [0.25, 0.3) is 0 Å². The van der Waals surface area contributed by atoms with Crippen molar-refractivity contribution >= 4 is 5.97 Å². The van der Waals surface area contributed by atoms with E-state index >= 15 is 0 Å². The van der Waals surface area contributed by atoms with E-state index in [4.69, 9.17) is 0 Å². The lowest BCUT2D eigenvalue weighted by Gasteiger charge is -2.32. The van der Waals surface area contributed by atoms with Crippen molar-refractivity contribution in [2.75, 3.05) is 13.1 Å². The van der Waals surface area contributed by atoms with Crippen molar-refractivity contribution in [3.8, 4) is 0 Å². The Bertz CT molecular complexity index is 344. The Morgan fingerprint density at radius 2 is 2.00 bits per heavy atom. The Balaban J connectivity index is 1.64. The molecule has 1 heterocycles. The molecule has 1 N–H and O–H groups in total. The molecule has 0 amide bonds. The summed E-state index contributed by atoms with van der Waals surface area (Å²) in [6.07, 6.45) is 8.95. The summed E-state index contributed by atoms with van der Waals surface area (Å²) in [4.78, 5) is 13.9. The van der Waals surface area contributed by atoms with Gasteiger partial charge in [0.2, 0.25) is 0 Å². The lowest BCUT2D eigenvalue weighted by molar-refractivity contribution is -0.143. The lowest BCUT2D eigenvalue weighted by atomic mass is 9.82. The first-order valence-corrected chi connectivity index (χ1v) is 8.12. The highest BCUT2D eigenvalue weighted by Crippen LogP contribution is 2.43. The van der Waals surface area contributed by atoms with Gasteiger partial charge in [0.05, 0.1) is 0 Å². The molecule has 1 saturated heterocycles. The highest BCUT2D eigenvalue weighted by atomic mass is 16.4. The van der Waals surface area contributed by atoms with E-state index in [-0.39, 0.29) is 6.04 Å². The predicted molar refractivity (Wildman–Crippen MR) is 74.9 cm³/mol. The normalized spacial score (nSPS) is 43.3. The second-order valence-corrected chi connectivity index (χ2v) is 7.23. The predicted octanol–water partition coefficient (Wildman–Crippen LogP) is 3.00. The van der Waals surface area contributed by atoms with Crippen molar-refractivity contribution in [3.05, 3.63) is 0 Å². The number of carboxylic acids is 1. The van der Waals surface area contributed by atoms with Crippen molar-refractivity contribution in [2.24, 2.45) is 23.7 Å². The summed E-state index contributed by atoms with van der Waals surface area (Å²) in [7, 11) is 0. The fourth-order valence-electron chi connectivity index (χ4n) is 4.98. The van der Waals surface area contributed by atoms with Crippen LogP contribution in [0.15, 0.2) is 0 Å². The number of hydrogen-bond donors (Lipinski definition) is 1. The third-order valence-corrected chi connectivity index (χ3v) is 5.78. The van der Waals surface area contributed by atoms with Crippen LogP contribution in [0.3, 0.4) is 0 Å². The maximum atomic E-state index is 11.6. The minimum Gasteiger partial charge on any atom is -0.480 e. The molecule has 108 valence electrons. The molecule has 0 aromatic heterocycles. The maximum absolute atomic E-state index is 11.6. The van der Waals surface area contributed by atoms with Gasteiger partial charge in [-0.05, 0) is 49.4 Å². The molecule has 0 spiro atoms. The van der Waals surface area contributed by atoms with E-state index < -0.39 is 5.97 Å². The Morgan fingerprint density at radius 3 is 2.74 bits per heavy atom. The van der Waals surface area contributed by atoms with Crippen LogP contribution in [-0.4, -0.2) is 35.1 Å². The molecule has 0 radical (unpaired) electrons. The van der Waals surface area contributed by atoms with Crippen LogP contribution in [0.5, 0.6) is 0 Å². The zero-order valence-electron chi connectivity index (χ0n) is 12.1. The SMILES string of the molecule is CC1CCCC(CN2CC3CCCC3C2C(=O)O)C1.